The summed E-state index contributed by atoms with van der Waals surface area (Å²) in [4.78, 5) is 12.0. The molecule has 6 heteroatoms. The first-order chi connectivity index (χ1) is 11.9. The van der Waals surface area contributed by atoms with Crippen LogP contribution in [0.5, 0.6) is 0 Å². The Hall–Kier alpha value is -2.34. The highest BCUT2D eigenvalue weighted by molar-refractivity contribution is 7.92. The Labute approximate surface area is 149 Å². The fraction of sp³-hybridized carbons (Fsp3) is 0.316. The molecule has 2 rings (SSSR count). The molecule has 0 saturated carbocycles. The molecule has 0 heterocycles. The topological polar surface area (TPSA) is 66.5 Å². The van der Waals surface area contributed by atoms with Crippen LogP contribution in [0.3, 0.4) is 0 Å². The maximum Gasteiger partial charge on any atom is 0.232 e. The first-order valence-corrected chi connectivity index (χ1v) is 10.1. The average molecular weight is 360 g/mol. The van der Waals surface area contributed by atoms with E-state index < -0.39 is 10.0 Å². The van der Waals surface area contributed by atoms with Crippen LogP contribution in [-0.2, 0) is 21.2 Å². The second kappa shape index (κ2) is 8.67. The van der Waals surface area contributed by atoms with Crippen LogP contribution in [0.2, 0.25) is 0 Å². The van der Waals surface area contributed by atoms with Crippen LogP contribution in [0.25, 0.3) is 0 Å². The van der Waals surface area contributed by atoms with E-state index in [1.54, 1.807) is 12.1 Å². The van der Waals surface area contributed by atoms with E-state index in [2.05, 4.69) is 5.32 Å². The van der Waals surface area contributed by atoms with Crippen LogP contribution in [-0.4, -0.2) is 33.7 Å². The molecule has 0 aliphatic carbocycles. The lowest BCUT2D eigenvalue weighted by Crippen LogP contribution is -2.35. The van der Waals surface area contributed by atoms with E-state index in [1.807, 2.05) is 49.4 Å². The van der Waals surface area contributed by atoms with Crippen molar-refractivity contribution in [2.75, 3.05) is 23.7 Å². The highest BCUT2D eigenvalue weighted by atomic mass is 32.2. The standard InChI is InChI=1S/C19H24N2O3S/c1-16-8-6-7-11-18(16)21(25(2,23)24)15-13-19(22)20-14-12-17-9-4-3-5-10-17/h3-11H,12-15H2,1-2H3,(H,20,22). The molecule has 0 radical (unpaired) electrons. The second-order valence-electron chi connectivity index (χ2n) is 5.96. The number of nitrogens with zero attached hydrogens (tertiary/aromatic N) is 1. The van der Waals surface area contributed by atoms with E-state index in [1.165, 1.54) is 4.31 Å². The molecule has 2 aromatic rings. The van der Waals surface area contributed by atoms with Crippen molar-refractivity contribution in [2.45, 2.75) is 19.8 Å². The predicted molar refractivity (Wildman–Crippen MR) is 101 cm³/mol. The van der Waals surface area contributed by atoms with Gasteiger partial charge in [-0.2, -0.15) is 0 Å². The number of amides is 1. The van der Waals surface area contributed by atoms with Gasteiger partial charge in [-0.3, -0.25) is 9.10 Å². The molecule has 0 bridgehead atoms. The van der Waals surface area contributed by atoms with Gasteiger partial charge >= 0.3 is 0 Å². The molecule has 2 aromatic carbocycles. The van der Waals surface area contributed by atoms with Gasteiger partial charge in [0.05, 0.1) is 11.9 Å². The minimum absolute atomic E-state index is 0.121. The van der Waals surface area contributed by atoms with E-state index in [0.29, 0.717) is 12.2 Å². The van der Waals surface area contributed by atoms with Gasteiger partial charge in [0.2, 0.25) is 15.9 Å². The Balaban J connectivity index is 1.90. The number of aryl methyl sites for hydroxylation is 1. The summed E-state index contributed by atoms with van der Waals surface area (Å²) in [6, 6.07) is 17.2. The zero-order chi connectivity index (χ0) is 18.3. The lowest BCUT2D eigenvalue weighted by molar-refractivity contribution is -0.120. The highest BCUT2D eigenvalue weighted by Gasteiger charge is 2.19. The van der Waals surface area contributed by atoms with E-state index in [-0.39, 0.29) is 18.9 Å². The van der Waals surface area contributed by atoms with Crippen molar-refractivity contribution in [3.63, 3.8) is 0 Å². The summed E-state index contributed by atoms with van der Waals surface area (Å²) in [6.07, 6.45) is 2.03. The van der Waals surface area contributed by atoms with Crippen molar-refractivity contribution < 1.29 is 13.2 Å². The van der Waals surface area contributed by atoms with E-state index in [4.69, 9.17) is 0 Å². The lowest BCUT2D eigenvalue weighted by Gasteiger charge is -2.23. The molecular formula is C19H24N2O3S. The van der Waals surface area contributed by atoms with Crippen LogP contribution >= 0.6 is 0 Å². The molecule has 0 saturated heterocycles. The van der Waals surface area contributed by atoms with Crippen LogP contribution < -0.4 is 9.62 Å². The third kappa shape index (κ3) is 5.90. The van der Waals surface area contributed by atoms with Gasteiger partial charge in [0, 0.05) is 19.5 Å². The summed E-state index contributed by atoms with van der Waals surface area (Å²) >= 11 is 0. The van der Waals surface area contributed by atoms with Gasteiger partial charge in [0.1, 0.15) is 0 Å². The highest BCUT2D eigenvalue weighted by Crippen LogP contribution is 2.22. The van der Waals surface area contributed by atoms with E-state index in [0.717, 1.165) is 23.8 Å². The van der Waals surface area contributed by atoms with Crippen molar-refractivity contribution in [1.29, 1.82) is 0 Å². The average Bonchev–Trinajstić information content (AvgIpc) is 2.56. The summed E-state index contributed by atoms with van der Waals surface area (Å²) in [7, 11) is -3.45. The Morgan fingerprint density at radius 1 is 1.04 bits per heavy atom. The Bertz CT molecular complexity index is 804. The minimum atomic E-state index is -3.45. The van der Waals surface area contributed by atoms with Crippen LogP contribution in [0, 0.1) is 6.92 Å². The molecule has 0 spiro atoms. The predicted octanol–water partition coefficient (Wildman–Crippen LogP) is 2.51. The molecule has 0 atom stereocenters. The number of hydrogen-bond acceptors (Lipinski definition) is 3. The monoisotopic (exact) mass is 360 g/mol. The Morgan fingerprint density at radius 2 is 1.68 bits per heavy atom. The van der Waals surface area contributed by atoms with Gasteiger partial charge in [0.15, 0.2) is 0 Å². The van der Waals surface area contributed by atoms with Gasteiger partial charge in [-0.15, -0.1) is 0 Å². The number of para-hydroxylation sites is 1. The van der Waals surface area contributed by atoms with Crippen molar-refractivity contribution in [2.24, 2.45) is 0 Å². The summed E-state index contributed by atoms with van der Waals surface area (Å²) in [5.41, 5.74) is 2.62. The fourth-order valence-corrected chi connectivity index (χ4v) is 3.58. The first-order valence-electron chi connectivity index (χ1n) is 8.22. The number of carbonyl (C=O) groups is 1. The van der Waals surface area contributed by atoms with Gasteiger partial charge in [-0.1, -0.05) is 48.5 Å². The molecule has 1 N–H and O–H groups in total. The molecule has 0 aliphatic rings. The molecule has 0 aliphatic heterocycles. The first kappa shape index (κ1) is 19.0. The van der Waals surface area contributed by atoms with Crippen LogP contribution in [0.4, 0.5) is 5.69 Å². The summed E-state index contributed by atoms with van der Waals surface area (Å²) in [6.45, 7) is 2.51. The van der Waals surface area contributed by atoms with Gasteiger partial charge in [-0.05, 0) is 30.5 Å². The number of sulfonamides is 1. The maximum absolute atomic E-state index is 12.1. The van der Waals surface area contributed by atoms with Crippen molar-refractivity contribution in [3.8, 4) is 0 Å². The fourth-order valence-electron chi connectivity index (χ4n) is 2.59. The summed E-state index contributed by atoms with van der Waals surface area (Å²) in [5.74, 6) is -0.154. The van der Waals surface area contributed by atoms with Crippen LogP contribution in [0.15, 0.2) is 54.6 Å². The normalized spacial score (nSPS) is 11.1. The largest absolute Gasteiger partial charge is 0.356 e. The quantitative estimate of drug-likeness (QED) is 0.787. The van der Waals surface area contributed by atoms with E-state index >= 15 is 0 Å². The number of carbonyl (C=O) groups excluding carboxylic acids is 1. The zero-order valence-corrected chi connectivity index (χ0v) is 15.4. The number of rotatable bonds is 8. The van der Waals surface area contributed by atoms with Gasteiger partial charge < -0.3 is 5.32 Å². The van der Waals surface area contributed by atoms with Gasteiger partial charge in [0.25, 0.3) is 0 Å². The summed E-state index contributed by atoms with van der Waals surface area (Å²) < 4.78 is 25.5. The molecule has 134 valence electrons. The number of nitrogens with one attached hydrogen (secondary N) is 1. The smallest absolute Gasteiger partial charge is 0.232 e. The maximum atomic E-state index is 12.1. The summed E-state index contributed by atoms with van der Waals surface area (Å²) in [5, 5.41) is 2.84. The molecule has 1 amide bonds. The molecule has 25 heavy (non-hydrogen) atoms. The molecule has 0 aromatic heterocycles. The third-order valence-corrected chi connectivity index (χ3v) is 5.09. The van der Waals surface area contributed by atoms with Crippen LogP contribution in [0.1, 0.15) is 17.5 Å². The van der Waals surface area contributed by atoms with Crippen molar-refractivity contribution in [1.82, 2.24) is 5.32 Å². The molecular weight excluding hydrogens is 336 g/mol. The van der Waals surface area contributed by atoms with Crippen molar-refractivity contribution >= 4 is 21.6 Å². The molecule has 0 unspecified atom stereocenters. The van der Waals surface area contributed by atoms with E-state index in [9.17, 15) is 13.2 Å². The van der Waals surface area contributed by atoms with Gasteiger partial charge in [-0.25, -0.2) is 8.42 Å². The third-order valence-electron chi connectivity index (χ3n) is 3.91. The zero-order valence-electron chi connectivity index (χ0n) is 14.6. The molecule has 0 fully saturated rings. The Kier molecular flexibility index (Phi) is 6.58. The number of hydrogen-bond donors (Lipinski definition) is 1. The second-order valence-corrected chi connectivity index (χ2v) is 7.86. The SMILES string of the molecule is Cc1ccccc1N(CCC(=O)NCCc1ccccc1)S(C)(=O)=O. The molecule has 5 nitrogen and oxygen atoms in total. The lowest BCUT2D eigenvalue weighted by atomic mass is 10.1. The minimum Gasteiger partial charge on any atom is -0.356 e. The number of benzene rings is 2. The number of anilines is 1. The Morgan fingerprint density at radius 3 is 2.32 bits per heavy atom. The van der Waals surface area contributed by atoms with Crippen molar-refractivity contribution in [3.05, 3.63) is 65.7 Å².